The van der Waals surface area contributed by atoms with Gasteiger partial charge in [-0.15, -0.1) is 0 Å². The van der Waals surface area contributed by atoms with Crippen molar-refractivity contribution in [2.24, 2.45) is 17.8 Å². The third-order valence-corrected chi connectivity index (χ3v) is 7.08. The molecular formula is C20H28N2OS. The quantitative estimate of drug-likeness (QED) is 0.884. The van der Waals surface area contributed by atoms with Crippen LogP contribution in [0.15, 0.2) is 24.3 Å². The van der Waals surface area contributed by atoms with Crippen molar-refractivity contribution in [3.05, 3.63) is 29.8 Å². The first-order valence-corrected chi connectivity index (χ1v) is 10.6. The van der Waals surface area contributed by atoms with E-state index in [1.165, 1.54) is 48.4 Å². The van der Waals surface area contributed by atoms with Gasteiger partial charge in [-0.3, -0.25) is 4.79 Å². The molecule has 1 N–H and O–H groups in total. The van der Waals surface area contributed by atoms with Crippen molar-refractivity contribution in [1.82, 2.24) is 5.32 Å². The summed E-state index contributed by atoms with van der Waals surface area (Å²) in [4.78, 5) is 14.7. The maximum Gasteiger partial charge on any atom is 0.220 e. The summed E-state index contributed by atoms with van der Waals surface area (Å²) >= 11 is 2.04. The summed E-state index contributed by atoms with van der Waals surface area (Å²) in [7, 11) is 0. The zero-order chi connectivity index (χ0) is 16.4. The predicted molar refractivity (Wildman–Crippen MR) is 101 cm³/mol. The van der Waals surface area contributed by atoms with Crippen molar-refractivity contribution >= 4 is 23.4 Å². The zero-order valence-corrected chi connectivity index (χ0v) is 15.2. The first kappa shape index (κ1) is 16.3. The topological polar surface area (TPSA) is 32.3 Å². The van der Waals surface area contributed by atoms with Gasteiger partial charge in [0.1, 0.15) is 0 Å². The van der Waals surface area contributed by atoms with Gasteiger partial charge in [0, 0.05) is 43.2 Å². The van der Waals surface area contributed by atoms with Gasteiger partial charge in [0.15, 0.2) is 0 Å². The Morgan fingerprint density at radius 3 is 2.58 bits per heavy atom. The lowest BCUT2D eigenvalue weighted by molar-refractivity contribution is -0.122. The first-order valence-electron chi connectivity index (χ1n) is 9.46. The van der Waals surface area contributed by atoms with Crippen molar-refractivity contribution in [3.63, 3.8) is 0 Å². The molecule has 2 bridgehead atoms. The van der Waals surface area contributed by atoms with Gasteiger partial charge in [-0.2, -0.15) is 11.8 Å². The average Bonchev–Trinajstić information content (AvgIpc) is 3.24. The summed E-state index contributed by atoms with van der Waals surface area (Å²) in [5, 5.41) is 3.13. The molecule has 0 spiro atoms. The molecule has 3 atom stereocenters. The SMILES string of the molecule is O=C(C[C@H]1C[C@H]2CC[C@H]1C2)NCc1ccc(N2CCSCC2)cc1. The van der Waals surface area contributed by atoms with Gasteiger partial charge in [0.2, 0.25) is 5.91 Å². The number of hydrogen-bond acceptors (Lipinski definition) is 3. The van der Waals surface area contributed by atoms with E-state index >= 15 is 0 Å². The van der Waals surface area contributed by atoms with Crippen molar-refractivity contribution in [3.8, 4) is 0 Å². The molecule has 1 aliphatic heterocycles. The van der Waals surface area contributed by atoms with Crippen molar-refractivity contribution in [2.45, 2.75) is 38.6 Å². The molecule has 0 aromatic heterocycles. The van der Waals surface area contributed by atoms with Crippen LogP contribution in [-0.2, 0) is 11.3 Å². The number of nitrogens with one attached hydrogen (secondary N) is 1. The number of amides is 1. The first-order chi connectivity index (χ1) is 11.8. The molecule has 1 saturated heterocycles. The Morgan fingerprint density at radius 1 is 1.12 bits per heavy atom. The van der Waals surface area contributed by atoms with E-state index in [9.17, 15) is 4.79 Å². The van der Waals surface area contributed by atoms with Crippen LogP contribution in [-0.4, -0.2) is 30.5 Å². The van der Waals surface area contributed by atoms with Crippen LogP contribution >= 0.6 is 11.8 Å². The largest absolute Gasteiger partial charge is 0.370 e. The summed E-state index contributed by atoms with van der Waals surface area (Å²) in [6.07, 6.45) is 6.18. The summed E-state index contributed by atoms with van der Waals surface area (Å²) in [6.45, 7) is 2.95. The van der Waals surface area contributed by atoms with E-state index in [0.29, 0.717) is 12.5 Å². The summed E-state index contributed by atoms with van der Waals surface area (Å²) < 4.78 is 0. The fraction of sp³-hybridized carbons (Fsp3) is 0.650. The Morgan fingerprint density at radius 2 is 1.92 bits per heavy atom. The van der Waals surface area contributed by atoms with Crippen molar-refractivity contribution < 1.29 is 4.79 Å². The highest BCUT2D eigenvalue weighted by Crippen LogP contribution is 2.49. The minimum atomic E-state index is 0.240. The molecule has 1 amide bonds. The molecule has 24 heavy (non-hydrogen) atoms. The molecule has 0 radical (unpaired) electrons. The average molecular weight is 345 g/mol. The normalized spacial score (nSPS) is 29.0. The summed E-state index contributed by atoms with van der Waals surface area (Å²) in [5.41, 5.74) is 2.51. The Bertz CT molecular complexity index is 568. The van der Waals surface area contributed by atoms with Crippen molar-refractivity contribution in [1.29, 1.82) is 0 Å². The van der Waals surface area contributed by atoms with E-state index in [1.807, 2.05) is 11.8 Å². The highest BCUT2D eigenvalue weighted by molar-refractivity contribution is 7.99. The maximum atomic E-state index is 12.2. The summed E-state index contributed by atoms with van der Waals surface area (Å²) in [5.74, 6) is 5.10. The molecule has 2 saturated carbocycles. The second-order valence-electron chi connectivity index (χ2n) is 7.68. The lowest BCUT2D eigenvalue weighted by Crippen LogP contribution is -2.32. The molecule has 3 fully saturated rings. The second-order valence-corrected chi connectivity index (χ2v) is 8.91. The molecule has 3 nitrogen and oxygen atoms in total. The molecule has 4 rings (SSSR count). The molecule has 2 aliphatic carbocycles. The standard InChI is InChI=1S/C20H28N2OS/c23-20(13-18-12-16-1-4-17(18)11-16)21-14-15-2-5-19(6-3-15)22-7-9-24-10-8-22/h2-3,5-6,16-18H,1,4,7-14H2,(H,21,23)/t16-,17-,18+/m0/s1. The number of hydrogen-bond donors (Lipinski definition) is 1. The monoisotopic (exact) mass is 344 g/mol. The Labute approximate surface area is 149 Å². The van der Waals surface area contributed by atoms with Crippen molar-refractivity contribution in [2.75, 3.05) is 29.5 Å². The smallest absolute Gasteiger partial charge is 0.220 e. The van der Waals surface area contributed by atoms with E-state index in [-0.39, 0.29) is 5.91 Å². The molecule has 1 aromatic carbocycles. The van der Waals surface area contributed by atoms with E-state index in [0.717, 1.165) is 31.3 Å². The highest BCUT2D eigenvalue weighted by atomic mass is 32.2. The van der Waals surface area contributed by atoms with E-state index in [1.54, 1.807) is 0 Å². The fourth-order valence-electron chi connectivity index (χ4n) is 4.78. The zero-order valence-electron chi connectivity index (χ0n) is 14.4. The minimum absolute atomic E-state index is 0.240. The van der Waals surface area contributed by atoms with Gasteiger partial charge in [-0.25, -0.2) is 0 Å². The maximum absolute atomic E-state index is 12.2. The second kappa shape index (κ2) is 7.38. The van der Waals surface area contributed by atoms with E-state index < -0.39 is 0 Å². The number of thioether (sulfide) groups is 1. The van der Waals surface area contributed by atoms with Gasteiger partial charge >= 0.3 is 0 Å². The number of nitrogens with zero attached hydrogens (tertiary/aromatic N) is 1. The van der Waals surface area contributed by atoms with Gasteiger partial charge in [0.05, 0.1) is 0 Å². The van der Waals surface area contributed by atoms with Gasteiger partial charge in [-0.1, -0.05) is 18.6 Å². The fourth-order valence-corrected chi connectivity index (χ4v) is 5.69. The Balaban J connectivity index is 1.24. The van der Waals surface area contributed by atoms with Crippen LogP contribution in [0.25, 0.3) is 0 Å². The molecule has 3 aliphatic rings. The third kappa shape index (κ3) is 3.74. The van der Waals surface area contributed by atoms with Crippen LogP contribution in [0.5, 0.6) is 0 Å². The van der Waals surface area contributed by atoms with Crippen LogP contribution in [0, 0.1) is 17.8 Å². The number of carbonyl (C=O) groups is 1. The molecule has 4 heteroatoms. The van der Waals surface area contributed by atoms with E-state index in [2.05, 4.69) is 34.5 Å². The lowest BCUT2D eigenvalue weighted by Gasteiger charge is -2.28. The minimum Gasteiger partial charge on any atom is -0.370 e. The van der Waals surface area contributed by atoms with E-state index in [4.69, 9.17) is 0 Å². The number of rotatable bonds is 5. The molecule has 0 unspecified atom stereocenters. The Kier molecular flexibility index (Phi) is 5.02. The van der Waals surface area contributed by atoms with Gasteiger partial charge in [0.25, 0.3) is 0 Å². The number of anilines is 1. The van der Waals surface area contributed by atoms with Crippen LogP contribution < -0.4 is 10.2 Å². The molecule has 130 valence electrons. The summed E-state index contributed by atoms with van der Waals surface area (Å²) in [6, 6.07) is 8.73. The van der Waals surface area contributed by atoms with Crippen LogP contribution in [0.2, 0.25) is 0 Å². The molecule has 1 aromatic rings. The number of carbonyl (C=O) groups excluding carboxylic acids is 1. The van der Waals surface area contributed by atoms with Gasteiger partial charge in [-0.05, 0) is 54.7 Å². The van der Waals surface area contributed by atoms with Crippen LogP contribution in [0.4, 0.5) is 5.69 Å². The number of benzene rings is 1. The Hall–Kier alpha value is -1.16. The van der Waals surface area contributed by atoms with Crippen LogP contribution in [0.3, 0.4) is 0 Å². The molecule has 1 heterocycles. The number of fused-ring (bicyclic) bond motifs is 2. The van der Waals surface area contributed by atoms with Gasteiger partial charge < -0.3 is 10.2 Å². The highest BCUT2D eigenvalue weighted by Gasteiger charge is 2.39. The predicted octanol–water partition coefficient (Wildman–Crippen LogP) is 3.68. The third-order valence-electron chi connectivity index (χ3n) is 6.13. The lowest BCUT2D eigenvalue weighted by atomic mass is 9.86. The van der Waals surface area contributed by atoms with Crippen LogP contribution in [0.1, 0.15) is 37.7 Å². The molecular weight excluding hydrogens is 316 g/mol.